The van der Waals surface area contributed by atoms with Crippen molar-refractivity contribution in [1.29, 1.82) is 0 Å². The number of benzene rings is 1. The predicted molar refractivity (Wildman–Crippen MR) is 68.6 cm³/mol. The van der Waals surface area contributed by atoms with Crippen molar-refractivity contribution in [1.82, 2.24) is 9.55 Å². The molecule has 0 saturated carbocycles. The van der Waals surface area contributed by atoms with Gasteiger partial charge in [0.1, 0.15) is 0 Å². The fourth-order valence-electron chi connectivity index (χ4n) is 1.52. The van der Waals surface area contributed by atoms with Gasteiger partial charge < -0.3 is 5.11 Å². The largest absolute Gasteiger partial charge is 0.492 e. The topological polar surface area (TPSA) is 118 Å². The van der Waals surface area contributed by atoms with E-state index < -0.39 is 27.9 Å². The molecule has 0 aliphatic heterocycles. The predicted octanol–water partition coefficient (Wildman–Crippen LogP) is 1.04. The van der Waals surface area contributed by atoms with Crippen molar-refractivity contribution in [3.63, 3.8) is 0 Å². The van der Waals surface area contributed by atoms with Gasteiger partial charge in [0.05, 0.1) is 10.6 Å². The Balaban J connectivity index is 2.76. The van der Waals surface area contributed by atoms with Gasteiger partial charge in [-0.05, 0) is 22.0 Å². The Morgan fingerprint density at radius 3 is 2.60 bits per heavy atom. The third kappa shape index (κ3) is 2.20. The van der Waals surface area contributed by atoms with E-state index in [9.17, 15) is 29.2 Å². The average molecular weight is 346 g/mol. The first kappa shape index (κ1) is 13.9. The highest BCUT2D eigenvalue weighted by atomic mass is 79.9. The van der Waals surface area contributed by atoms with Crippen LogP contribution in [-0.4, -0.2) is 19.6 Å². The average Bonchev–Trinajstić information content (AvgIpc) is 2.37. The summed E-state index contributed by atoms with van der Waals surface area (Å²) in [6.45, 7) is 0. The number of aromatic hydroxyl groups is 1. The van der Waals surface area contributed by atoms with E-state index >= 15 is 0 Å². The molecule has 1 heterocycles. The Labute approximate surface area is 117 Å². The summed E-state index contributed by atoms with van der Waals surface area (Å²) >= 11 is 2.97. The number of hydrogen-bond acceptors (Lipinski definition) is 5. The minimum absolute atomic E-state index is 0.0618. The van der Waals surface area contributed by atoms with Crippen LogP contribution in [0.15, 0.2) is 32.3 Å². The molecule has 0 fully saturated rings. The highest BCUT2D eigenvalue weighted by Gasteiger charge is 2.18. The maximum absolute atomic E-state index is 13.3. The second-order valence-electron chi connectivity index (χ2n) is 3.63. The lowest BCUT2D eigenvalue weighted by atomic mass is 10.3. The number of hydrogen-bond donors (Lipinski definition) is 2. The van der Waals surface area contributed by atoms with Crippen molar-refractivity contribution < 1.29 is 14.4 Å². The molecule has 0 saturated heterocycles. The summed E-state index contributed by atoms with van der Waals surface area (Å²) in [6.07, 6.45) is 0. The summed E-state index contributed by atoms with van der Waals surface area (Å²) in [5.41, 5.74) is -2.77. The van der Waals surface area contributed by atoms with Gasteiger partial charge in [0.15, 0.2) is 0 Å². The molecule has 8 nitrogen and oxygen atoms in total. The van der Waals surface area contributed by atoms with Gasteiger partial charge in [0.25, 0.3) is 11.2 Å². The SMILES string of the molecule is O=c1[nH]c(=O)n(-c2ccc([N+](=O)[O-])cc2Br)c(O)c1F. The Kier molecular flexibility index (Phi) is 3.40. The maximum Gasteiger partial charge on any atom is 0.335 e. The van der Waals surface area contributed by atoms with E-state index in [0.29, 0.717) is 4.57 Å². The van der Waals surface area contributed by atoms with Crippen LogP contribution in [0, 0.1) is 15.9 Å². The lowest BCUT2D eigenvalue weighted by Gasteiger charge is -2.09. The number of aromatic amines is 1. The van der Waals surface area contributed by atoms with E-state index in [-0.39, 0.29) is 15.8 Å². The number of nitrogens with one attached hydrogen (secondary N) is 1. The number of rotatable bonds is 2. The molecule has 1 aromatic carbocycles. The van der Waals surface area contributed by atoms with E-state index in [4.69, 9.17) is 0 Å². The Hall–Kier alpha value is -2.49. The summed E-state index contributed by atoms with van der Waals surface area (Å²) in [6, 6.07) is 3.26. The third-order valence-electron chi connectivity index (χ3n) is 2.41. The third-order valence-corrected chi connectivity index (χ3v) is 3.05. The Morgan fingerprint density at radius 2 is 2.05 bits per heavy atom. The molecule has 2 aromatic rings. The zero-order valence-electron chi connectivity index (χ0n) is 9.46. The molecule has 0 radical (unpaired) electrons. The van der Waals surface area contributed by atoms with Gasteiger partial charge in [0.2, 0.25) is 11.7 Å². The molecule has 0 amide bonds. The molecule has 2 rings (SSSR count). The number of halogens is 2. The highest BCUT2D eigenvalue weighted by molar-refractivity contribution is 9.10. The first-order valence-electron chi connectivity index (χ1n) is 5.01. The van der Waals surface area contributed by atoms with E-state index in [1.807, 2.05) is 0 Å². The van der Waals surface area contributed by atoms with Crippen molar-refractivity contribution in [2.24, 2.45) is 0 Å². The quantitative estimate of drug-likeness (QED) is 0.622. The second kappa shape index (κ2) is 4.89. The molecule has 0 atom stereocenters. The van der Waals surface area contributed by atoms with Gasteiger partial charge in [-0.2, -0.15) is 4.39 Å². The van der Waals surface area contributed by atoms with E-state index in [1.54, 1.807) is 4.98 Å². The molecular formula is C10H5BrFN3O5. The van der Waals surface area contributed by atoms with Crippen LogP contribution in [0.25, 0.3) is 5.69 Å². The first-order chi connectivity index (χ1) is 9.32. The Bertz CT molecular complexity index is 829. The molecule has 2 N–H and O–H groups in total. The van der Waals surface area contributed by atoms with E-state index in [0.717, 1.165) is 18.2 Å². The minimum atomic E-state index is -1.53. The molecule has 10 heteroatoms. The van der Waals surface area contributed by atoms with Crippen LogP contribution in [0.2, 0.25) is 0 Å². The maximum atomic E-state index is 13.3. The summed E-state index contributed by atoms with van der Waals surface area (Å²) < 4.78 is 13.9. The monoisotopic (exact) mass is 345 g/mol. The van der Waals surface area contributed by atoms with Crippen LogP contribution in [0.1, 0.15) is 0 Å². The number of H-pyrrole nitrogens is 1. The summed E-state index contributed by atoms with van der Waals surface area (Å²) in [5, 5.41) is 20.1. The van der Waals surface area contributed by atoms with Crippen molar-refractivity contribution in [3.8, 4) is 11.6 Å². The lowest BCUT2D eigenvalue weighted by Crippen LogP contribution is -2.31. The molecule has 0 bridgehead atoms. The summed E-state index contributed by atoms with van der Waals surface area (Å²) in [4.78, 5) is 34.2. The number of nitrogens with zero attached hydrogens (tertiary/aromatic N) is 2. The lowest BCUT2D eigenvalue weighted by molar-refractivity contribution is -0.384. The molecule has 0 unspecified atom stereocenters. The van der Waals surface area contributed by atoms with Gasteiger partial charge in [-0.25, -0.2) is 9.36 Å². The standard InChI is InChI=1S/C10H5BrFN3O5/c11-5-3-4(15(19)20)1-2-6(5)14-9(17)7(12)8(16)13-10(14)18/h1-3,17H,(H,13,16,18). The van der Waals surface area contributed by atoms with Gasteiger partial charge in [-0.15, -0.1) is 0 Å². The second-order valence-corrected chi connectivity index (χ2v) is 4.48. The fraction of sp³-hybridized carbons (Fsp3) is 0. The van der Waals surface area contributed by atoms with Crippen molar-refractivity contribution in [2.45, 2.75) is 0 Å². The molecule has 104 valence electrons. The van der Waals surface area contributed by atoms with Crippen LogP contribution >= 0.6 is 15.9 Å². The first-order valence-corrected chi connectivity index (χ1v) is 5.80. The normalized spacial score (nSPS) is 10.5. The van der Waals surface area contributed by atoms with E-state index in [1.165, 1.54) is 0 Å². The van der Waals surface area contributed by atoms with Gasteiger partial charge in [-0.1, -0.05) is 0 Å². The van der Waals surface area contributed by atoms with Crippen molar-refractivity contribution in [2.75, 3.05) is 0 Å². The number of nitro groups is 1. The zero-order valence-corrected chi connectivity index (χ0v) is 11.0. The highest BCUT2D eigenvalue weighted by Crippen LogP contribution is 2.27. The van der Waals surface area contributed by atoms with Crippen LogP contribution in [-0.2, 0) is 0 Å². The molecule has 0 aliphatic carbocycles. The molecular weight excluding hydrogens is 341 g/mol. The smallest absolute Gasteiger partial charge is 0.335 e. The van der Waals surface area contributed by atoms with Gasteiger partial charge >= 0.3 is 5.69 Å². The zero-order chi connectivity index (χ0) is 15.0. The fourth-order valence-corrected chi connectivity index (χ4v) is 2.06. The molecule has 20 heavy (non-hydrogen) atoms. The summed E-state index contributed by atoms with van der Waals surface area (Å²) in [5.74, 6) is -2.72. The van der Waals surface area contributed by atoms with Crippen molar-refractivity contribution >= 4 is 21.6 Å². The molecule has 0 aliphatic rings. The van der Waals surface area contributed by atoms with Gasteiger partial charge in [0, 0.05) is 16.6 Å². The van der Waals surface area contributed by atoms with Crippen LogP contribution in [0.5, 0.6) is 5.88 Å². The number of aromatic nitrogens is 2. The minimum Gasteiger partial charge on any atom is -0.492 e. The Morgan fingerprint density at radius 1 is 1.40 bits per heavy atom. The van der Waals surface area contributed by atoms with Gasteiger partial charge in [-0.3, -0.25) is 19.9 Å². The number of nitro benzene ring substituents is 1. The van der Waals surface area contributed by atoms with Crippen molar-refractivity contribution in [3.05, 3.63) is 59.4 Å². The number of non-ortho nitro benzene ring substituents is 1. The molecule has 1 aromatic heterocycles. The van der Waals surface area contributed by atoms with E-state index in [2.05, 4.69) is 15.9 Å². The summed E-state index contributed by atoms with van der Waals surface area (Å²) in [7, 11) is 0. The van der Waals surface area contributed by atoms with Crippen LogP contribution < -0.4 is 11.2 Å². The molecule has 0 spiro atoms. The van der Waals surface area contributed by atoms with Crippen LogP contribution in [0.4, 0.5) is 10.1 Å². The van der Waals surface area contributed by atoms with Crippen LogP contribution in [0.3, 0.4) is 0 Å².